The fourth-order valence-electron chi connectivity index (χ4n) is 7.82. The molecular weight excluding hydrogens is 344 g/mol. The van der Waals surface area contributed by atoms with Gasteiger partial charge in [-0.15, -0.1) is 0 Å². The molecule has 0 aromatic carbocycles. The van der Waals surface area contributed by atoms with Gasteiger partial charge in [-0.05, 0) is 91.4 Å². The summed E-state index contributed by atoms with van der Waals surface area (Å²) in [4.78, 5) is 13.3. The molecule has 2 heteroatoms. The van der Waals surface area contributed by atoms with Gasteiger partial charge >= 0.3 is 0 Å². The molecule has 0 heterocycles. The predicted octanol–water partition coefficient (Wildman–Crippen LogP) is 5.95. The van der Waals surface area contributed by atoms with Gasteiger partial charge < -0.3 is 5.11 Å². The van der Waals surface area contributed by atoms with Crippen molar-refractivity contribution in [2.24, 2.45) is 46.3 Å². The molecule has 4 rings (SSSR count). The highest BCUT2D eigenvalue weighted by Gasteiger charge is 2.61. The summed E-state index contributed by atoms with van der Waals surface area (Å²) in [5, 5.41) is 10.2. The molecule has 0 aromatic rings. The van der Waals surface area contributed by atoms with Crippen molar-refractivity contribution < 1.29 is 9.90 Å². The largest absolute Gasteiger partial charge is 0.393 e. The van der Waals surface area contributed by atoms with Crippen LogP contribution in [-0.4, -0.2) is 17.0 Å². The van der Waals surface area contributed by atoms with Gasteiger partial charge in [-0.3, -0.25) is 4.79 Å². The fraction of sp³-hybridized carbons (Fsp3) is 0.808. The summed E-state index contributed by atoms with van der Waals surface area (Å²) in [6.45, 7) is 11.8. The van der Waals surface area contributed by atoms with E-state index in [4.69, 9.17) is 0 Å². The fourth-order valence-corrected chi connectivity index (χ4v) is 7.82. The van der Waals surface area contributed by atoms with Crippen molar-refractivity contribution in [1.82, 2.24) is 0 Å². The lowest BCUT2D eigenvalue weighted by molar-refractivity contribution is -0.134. The van der Waals surface area contributed by atoms with Gasteiger partial charge in [-0.25, -0.2) is 0 Å². The van der Waals surface area contributed by atoms with Crippen LogP contribution in [0.15, 0.2) is 23.8 Å². The van der Waals surface area contributed by atoms with Crippen molar-refractivity contribution in [2.75, 3.05) is 0 Å². The number of fused-ring (bicyclic) bond motifs is 5. The third kappa shape index (κ3) is 3.06. The van der Waals surface area contributed by atoms with Crippen LogP contribution in [0.1, 0.15) is 79.6 Å². The van der Waals surface area contributed by atoms with E-state index in [1.165, 1.54) is 31.3 Å². The van der Waals surface area contributed by atoms with Gasteiger partial charge in [-0.2, -0.15) is 0 Å². The molecule has 1 N–H and O–H groups in total. The van der Waals surface area contributed by atoms with Gasteiger partial charge in [0.2, 0.25) is 0 Å². The smallest absolute Gasteiger partial charge is 0.159 e. The summed E-state index contributed by atoms with van der Waals surface area (Å²) in [5.74, 6) is 3.54. The molecule has 3 fully saturated rings. The van der Waals surface area contributed by atoms with Crippen LogP contribution in [0.25, 0.3) is 0 Å². The van der Waals surface area contributed by atoms with Crippen molar-refractivity contribution in [3.63, 3.8) is 0 Å². The van der Waals surface area contributed by atoms with E-state index >= 15 is 0 Å². The lowest BCUT2D eigenvalue weighted by atomic mass is 9.46. The van der Waals surface area contributed by atoms with Crippen LogP contribution in [0, 0.1) is 46.3 Å². The van der Waals surface area contributed by atoms with Crippen molar-refractivity contribution in [2.45, 2.75) is 85.7 Å². The number of aliphatic hydroxyl groups excluding tert-OH is 1. The van der Waals surface area contributed by atoms with E-state index in [1.807, 2.05) is 6.08 Å². The summed E-state index contributed by atoms with van der Waals surface area (Å²) < 4.78 is 0. The number of carbonyl (C=O) groups excluding carboxylic acids is 1. The van der Waals surface area contributed by atoms with Crippen LogP contribution in [0.3, 0.4) is 0 Å². The topological polar surface area (TPSA) is 37.3 Å². The highest BCUT2D eigenvalue weighted by molar-refractivity contribution is 5.94. The Bertz CT molecular complexity index is 689. The average molecular weight is 385 g/mol. The van der Waals surface area contributed by atoms with Gasteiger partial charge in [-0.1, -0.05) is 52.3 Å². The lowest BCUT2D eigenvalue weighted by Gasteiger charge is -2.57. The van der Waals surface area contributed by atoms with Crippen molar-refractivity contribution in [3.05, 3.63) is 23.8 Å². The van der Waals surface area contributed by atoms with Crippen molar-refractivity contribution in [3.8, 4) is 0 Å². The number of rotatable bonds is 3. The zero-order valence-electron chi connectivity index (χ0n) is 18.6. The van der Waals surface area contributed by atoms with Gasteiger partial charge in [0.25, 0.3) is 0 Å². The minimum absolute atomic E-state index is 0.139. The maximum Gasteiger partial charge on any atom is 0.159 e. The van der Waals surface area contributed by atoms with Crippen LogP contribution >= 0.6 is 0 Å². The maximum absolute atomic E-state index is 13.3. The second-order valence-electron chi connectivity index (χ2n) is 11.3. The summed E-state index contributed by atoms with van der Waals surface area (Å²) in [5.41, 5.74) is 1.69. The van der Waals surface area contributed by atoms with Gasteiger partial charge in [0.05, 0.1) is 6.10 Å². The van der Waals surface area contributed by atoms with E-state index in [0.717, 1.165) is 12.8 Å². The summed E-state index contributed by atoms with van der Waals surface area (Å²) >= 11 is 0. The third-order valence-electron chi connectivity index (χ3n) is 9.43. The molecule has 0 bridgehead atoms. The number of carbonyl (C=O) groups is 1. The number of hydrogen-bond donors (Lipinski definition) is 1. The molecule has 0 aromatic heterocycles. The summed E-state index contributed by atoms with van der Waals surface area (Å²) in [7, 11) is 0. The van der Waals surface area contributed by atoms with E-state index in [1.54, 1.807) is 0 Å². The Balaban J connectivity index is 1.63. The zero-order valence-corrected chi connectivity index (χ0v) is 18.6. The predicted molar refractivity (Wildman–Crippen MR) is 115 cm³/mol. The molecule has 2 nitrogen and oxygen atoms in total. The molecule has 28 heavy (non-hydrogen) atoms. The Labute approximate surface area is 171 Å². The van der Waals surface area contributed by atoms with E-state index < -0.39 is 0 Å². The number of aliphatic hydroxyl groups is 1. The molecule has 8 atom stereocenters. The molecule has 0 aliphatic heterocycles. The monoisotopic (exact) mass is 384 g/mol. The van der Waals surface area contributed by atoms with Gasteiger partial charge in [0, 0.05) is 5.92 Å². The first-order chi connectivity index (χ1) is 13.2. The third-order valence-corrected chi connectivity index (χ3v) is 9.43. The lowest BCUT2D eigenvalue weighted by Crippen LogP contribution is -2.53. The SMILES string of the molecule is CC(C)/C=C/[C@@H](C)[C@H]1CC[C@@H]2[C@@H]3C(=O)C=C4C[C@@H](O)CC[C@]4(C)[C@H]3CC[C@@]21C. The molecule has 4 aliphatic carbocycles. The van der Waals surface area contributed by atoms with Crippen LogP contribution in [0.2, 0.25) is 0 Å². The minimum Gasteiger partial charge on any atom is -0.393 e. The number of allylic oxidation sites excluding steroid dienone is 3. The Hall–Kier alpha value is -0.890. The first-order valence-corrected chi connectivity index (χ1v) is 11.8. The highest BCUT2D eigenvalue weighted by Crippen LogP contribution is 2.66. The molecule has 0 saturated heterocycles. The normalized spacial score (nSPS) is 46.9. The molecule has 3 saturated carbocycles. The van der Waals surface area contributed by atoms with Crippen LogP contribution < -0.4 is 0 Å². The quantitative estimate of drug-likeness (QED) is 0.610. The van der Waals surface area contributed by atoms with E-state index in [0.29, 0.717) is 47.2 Å². The standard InChI is InChI=1S/C26H40O2/c1-16(2)6-7-17(3)20-8-9-21-24-22(11-13-26(20,21)5)25(4)12-10-19(27)14-18(25)15-23(24)28/h6-7,15-17,19-22,24,27H,8-14H2,1-5H3/b7-6+/t17-,19+,20-,21-,22+,24+,25+,26-/m1/s1. The van der Waals surface area contributed by atoms with Crippen LogP contribution in [0.4, 0.5) is 0 Å². The molecule has 0 radical (unpaired) electrons. The second-order valence-corrected chi connectivity index (χ2v) is 11.3. The second kappa shape index (κ2) is 7.11. The van der Waals surface area contributed by atoms with Crippen LogP contribution in [-0.2, 0) is 4.79 Å². The first-order valence-electron chi connectivity index (χ1n) is 11.8. The van der Waals surface area contributed by atoms with Crippen LogP contribution in [0.5, 0.6) is 0 Å². The number of hydrogen-bond acceptors (Lipinski definition) is 2. The van der Waals surface area contributed by atoms with Crippen molar-refractivity contribution >= 4 is 5.78 Å². The summed E-state index contributed by atoms with van der Waals surface area (Å²) in [6.07, 6.45) is 14.1. The number of ketones is 1. The molecular formula is C26H40O2. The van der Waals surface area contributed by atoms with E-state index in [2.05, 4.69) is 46.8 Å². The Morgan fingerprint density at radius 2 is 1.79 bits per heavy atom. The summed E-state index contributed by atoms with van der Waals surface area (Å²) in [6, 6.07) is 0. The zero-order chi connectivity index (χ0) is 20.3. The molecule has 156 valence electrons. The van der Waals surface area contributed by atoms with E-state index in [9.17, 15) is 9.90 Å². The van der Waals surface area contributed by atoms with Crippen molar-refractivity contribution in [1.29, 1.82) is 0 Å². The average Bonchev–Trinajstić information content (AvgIpc) is 2.98. The maximum atomic E-state index is 13.3. The first kappa shape index (κ1) is 20.4. The molecule has 4 aliphatic rings. The molecule has 0 unspecified atom stereocenters. The Morgan fingerprint density at radius 3 is 2.50 bits per heavy atom. The molecule has 0 spiro atoms. The van der Waals surface area contributed by atoms with Gasteiger partial charge in [0.15, 0.2) is 5.78 Å². The van der Waals surface area contributed by atoms with E-state index in [-0.39, 0.29) is 17.4 Å². The minimum atomic E-state index is -0.248. The Kier molecular flexibility index (Phi) is 5.18. The Morgan fingerprint density at radius 1 is 1.04 bits per heavy atom. The molecule has 0 amide bonds. The van der Waals surface area contributed by atoms with Gasteiger partial charge in [0.1, 0.15) is 0 Å². The highest BCUT2D eigenvalue weighted by atomic mass is 16.3.